The van der Waals surface area contributed by atoms with Crippen LogP contribution in [-0.2, 0) is 6.42 Å². The molecule has 0 N–H and O–H groups in total. The van der Waals surface area contributed by atoms with Crippen molar-refractivity contribution in [3.05, 3.63) is 18.0 Å². The number of hydrogen-bond acceptors (Lipinski definition) is 1. The number of alkyl halides is 1. The summed E-state index contributed by atoms with van der Waals surface area (Å²) < 4.78 is 2.09. The zero-order valence-corrected chi connectivity index (χ0v) is 7.80. The second-order valence-electron chi connectivity index (χ2n) is 3.35. The molecule has 1 heterocycles. The summed E-state index contributed by atoms with van der Waals surface area (Å²) >= 11 is 5.64. The molecule has 0 spiro atoms. The minimum atomic E-state index is 0.675. The van der Waals surface area contributed by atoms with Crippen LogP contribution in [0.1, 0.15) is 30.9 Å². The lowest BCUT2D eigenvalue weighted by Gasteiger charge is -2.25. The standard InChI is InChI=1S/C9H13ClN2/c10-5-4-8-6-11-12(7-8)9-2-1-3-9/h6-7,9H,1-5H2. The van der Waals surface area contributed by atoms with Crippen LogP contribution in [0, 0.1) is 0 Å². The van der Waals surface area contributed by atoms with E-state index in [-0.39, 0.29) is 0 Å². The Morgan fingerprint density at radius 2 is 2.42 bits per heavy atom. The lowest BCUT2D eigenvalue weighted by molar-refractivity contribution is 0.289. The molecule has 1 aliphatic carbocycles. The first-order valence-electron chi connectivity index (χ1n) is 4.49. The van der Waals surface area contributed by atoms with Crippen LogP contribution in [0.15, 0.2) is 12.4 Å². The number of rotatable bonds is 3. The molecule has 0 unspecified atom stereocenters. The Balaban J connectivity index is 2.02. The zero-order chi connectivity index (χ0) is 8.39. The third kappa shape index (κ3) is 1.48. The number of aromatic nitrogens is 2. The monoisotopic (exact) mass is 184 g/mol. The first kappa shape index (κ1) is 8.11. The Labute approximate surface area is 77.5 Å². The fourth-order valence-electron chi connectivity index (χ4n) is 1.47. The van der Waals surface area contributed by atoms with Crippen LogP contribution in [-0.4, -0.2) is 15.7 Å². The van der Waals surface area contributed by atoms with Gasteiger partial charge in [-0.3, -0.25) is 4.68 Å². The third-order valence-electron chi connectivity index (χ3n) is 2.49. The minimum Gasteiger partial charge on any atom is -0.269 e. The summed E-state index contributed by atoms with van der Waals surface area (Å²) in [7, 11) is 0. The molecule has 1 fully saturated rings. The van der Waals surface area contributed by atoms with E-state index in [1.807, 2.05) is 6.20 Å². The van der Waals surface area contributed by atoms with Crippen LogP contribution in [0.5, 0.6) is 0 Å². The maximum atomic E-state index is 5.64. The van der Waals surface area contributed by atoms with Gasteiger partial charge in [0.2, 0.25) is 0 Å². The Hall–Kier alpha value is -0.500. The molecule has 2 rings (SSSR count). The fraction of sp³-hybridized carbons (Fsp3) is 0.667. The molecule has 1 aromatic heterocycles. The molecule has 1 aromatic rings. The minimum absolute atomic E-state index is 0.675. The lowest BCUT2D eigenvalue weighted by Crippen LogP contribution is -2.17. The number of aryl methyl sites for hydroxylation is 1. The summed E-state index contributed by atoms with van der Waals surface area (Å²) in [5.41, 5.74) is 1.26. The van der Waals surface area contributed by atoms with Crippen molar-refractivity contribution < 1.29 is 0 Å². The van der Waals surface area contributed by atoms with Gasteiger partial charge in [-0.25, -0.2) is 0 Å². The van der Waals surface area contributed by atoms with Crippen molar-refractivity contribution in [1.29, 1.82) is 0 Å². The van der Waals surface area contributed by atoms with Gasteiger partial charge in [0.15, 0.2) is 0 Å². The Kier molecular flexibility index (Phi) is 2.35. The molecule has 0 aliphatic heterocycles. The maximum Gasteiger partial charge on any atom is 0.0522 e. The van der Waals surface area contributed by atoms with Crippen molar-refractivity contribution in [2.45, 2.75) is 31.7 Å². The van der Waals surface area contributed by atoms with E-state index in [2.05, 4.69) is 16.0 Å². The van der Waals surface area contributed by atoms with Gasteiger partial charge in [-0.2, -0.15) is 5.10 Å². The average Bonchev–Trinajstić information content (AvgIpc) is 2.34. The van der Waals surface area contributed by atoms with E-state index >= 15 is 0 Å². The van der Waals surface area contributed by atoms with Crippen LogP contribution >= 0.6 is 11.6 Å². The third-order valence-corrected chi connectivity index (χ3v) is 2.68. The van der Waals surface area contributed by atoms with E-state index in [9.17, 15) is 0 Å². The molecule has 0 aromatic carbocycles. The lowest BCUT2D eigenvalue weighted by atomic mass is 9.93. The van der Waals surface area contributed by atoms with Crippen LogP contribution in [0.3, 0.4) is 0 Å². The molecule has 3 heteroatoms. The summed E-state index contributed by atoms with van der Waals surface area (Å²) in [5.74, 6) is 0.691. The predicted octanol–water partition coefficient (Wildman–Crippen LogP) is 2.39. The summed E-state index contributed by atoms with van der Waals surface area (Å²) in [6, 6.07) is 0.675. The fourth-order valence-corrected chi connectivity index (χ4v) is 1.68. The van der Waals surface area contributed by atoms with E-state index in [0.29, 0.717) is 11.9 Å². The first-order chi connectivity index (χ1) is 5.90. The van der Waals surface area contributed by atoms with Crippen LogP contribution in [0.4, 0.5) is 0 Å². The van der Waals surface area contributed by atoms with Gasteiger partial charge in [-0.15, -0.1) is 11.6 Å². The van der Waals surface area contributed by atoms with Crippen molar-refractivity contribution in [3.63, 3.8) is 0 Å². The molecule has 66 valence electrons. The molecular formula is C9H13ClN2. The Morgan fingerprint density at radius 3 is 3.00 bits per heavy atom. The van der Waals surface area contributed by atoms with Gasteiger partial charge in [0.25, 0.3) is 0 Å². The molecule has 0 atom stereocenters. The SMILES string of the molecule is ClCCc1cnn(C2CCC2)c1. The van der Waals surface area contributed by atoms with E-state index in [1.54, 1.807) is 0 Å². The normalized spacial score (nSPS) is 17.8. The molecule has 0 radical (unpaired) electrons. The van der Waals surface area contributed by atoms with Gasteiger partial charge in [0, 0.05) is 12.1 Å². The average molecular weight is 185 g/mol. The highest BCUT2D eigenvalue weighted by Crippen LogP contribution is 2.30. The van der Waals surface area contributed by atoms with E-state index in [0.717, 1.165) is 6.42 Å². The van der Waals surface area contributed by atoms with Gasteiger partial charge < -0.3 is 0 Å². The van der Waals surface area contributed by atoms with Crippen LogP contribution in [0.2, 0.25) is 0 Å². The molecule has 1 saturated carbocycles. The second kappa shape index (κ2) is 3.48. The first-order valence-corrected chi connectivity index (χ1v) is 5.02. The van der Waals surface area contributed by atoms with Crippen molar-refractivity contribution in [2.75, 3.05) is 5.88 Å². The predicted molar refractivity (Wildman–Crippen MR) is 49.5 cm³/mol. The largest absolute Gasteiger partial charge is 0.269 e. The zero-order valence-electron chi connectivity index (χ0n) is 7.04. The van der Waals surface area contributed by atoms with Gasteiger partial charge in [0.05, 0.1) is 12.2 Å². The van der Waals surface area contributed by atoms with Gasteiger partial charge >= 0.3 is 0 Å². The number of nitrogens with zero attached hydrogens (tertiary/aromatic N) is 2. The molecule has 2 nitrogen and oxygen atoms in total. The summed E-state index contributed by atoms with van der Waals surface area (Å²) in [5, 5.41) is 4.31. The van der Waals surface area contributed by atoms with Crippen LogP contribution < -0.4 is 0 Å². The maximum absolute atomic E-state index is 5.64. The molecule has 0 bridgehead atoms. The van der Waals surface area contributed by atoms with Gasteiger partial charge in [-0.1, -0.05) is 0 Å². The van der Waals surface area contributed by atoms with E-state index < -0.39 is 0 Å². The Morgan fingerprint density at radius 1 is 1.58 bits per heavy atom. The highest BCUT2D eigenvalue weighted by atomic mass is 35.5. The smallest absolute Gasteiger partial charge is 0.0522 e. The van der Waals surface area contributed by atoms with E-state index in [1.165, 1.54) is 24.8 Å². The van der Waals surface area contributed by atoms with Gasteiger partial charge in [-0.05, 0) is 31.2 Å². The number of halogens is 1. The summed E-state index contributed by atoms with van der Waals surface area (Å²) in [6.07, 6.45) is 8.94. The molecule has 0 saturated heterocycles. The highest BCUT2D eigenvalue weighted by molar-refractivity contribution is 6.17. The topological polar surface area (TPSA) is 17.8 Å². The quantitative estimate of drug-likeness (QED) is 0.660. The molecule has 12 heavy (non-hydrogen) atoms. The van der Waals surface area contributed by atoms with Gasteiger partial charge in [0.1, 0.15) is 0 Å². The summed E-state index contributed by atoms with van der Waals surface area (Å²) in [4.78, 5) is 0. The van der Waals surface area contributed by atoms with Crippen molar-refractivity contribution >= 4 is 11.6 Å². The number of hydrogen-bond donors (Lipinski definition) is 0. The second-order valence-corrected chi connectivity index (χ2v) is 3.73. The van der Waals surface area contributed by atoms with Crippen molar-refractivity contribution in [1.82, 2.24) is 9.78 Å². The summed E-state index contributed by atoms with van der Waals surface area (Å²) in [6.45, 7) is 0. The molecule has 1 aliphatic rings. The highest BCUT2D eigenvalue weighted by Gasteiger charge is 2.19. The van der Waals surface area contributed by atoms with Crippen molar-refractivity contribution in [3.8, 4) is 0 Å². The van der Waals surface area contributed by atoms with Crippen LogP contribution in [0.25, 0.3) is 0 Å². The van der Waals surface area contributed by atoms with E-state index in [4.69, 9.17) is 11.6 Å². The van der Waals surface area contributed by atoms with Crippen molar-refractivity contribution in [2.24, 2.45) is 0 Å². The molecule has 0 amide bonds. The molecular weight excluding hydrogens is 172 g/mol. The Bertz CT molecular complexity index is 253.